The fraction of sp³-hybridized carbons (Fsp3) is 1.00. The van der Waals surface area contributed by atoms with Gasteiger partial charge in [0.15, 0.2) is 0 Å². The minimum absolute atomic E-state index is 0.661. The minimum Gasteiger partial charge on any atom is -0.329 e. The fourth-order valence-corrected chi connectivity index (χ4v) is 4.62. The fourth-order valence-electron chi connectivity index (χ4n) is 4.62. The summed E-state index contributed by atoms with van der Waals surface area (Å²) < 4.78 is 0. The van der Waals surface area contributed by atoms with Crippen LogP contribution in [0.1, 0.15) is 27.7 Å². The quantitative estimate of drug-likeness (QED) is 0.0231. The molecule has 0 amide bonds. The first kappa shape index (κ1) is 42.6. The highest BCUT2D eigenvalue weighted by Gasteiger charge is 2.12. The summed E-state index contributed by atoms with van der Waals surface area (Å²) in [6.07, 6.45) is 0. The molecule has 0 heterocycles. The van der Waals surface area contributed by atoms with Gasteiger partial charge < -0.3 is 43.8 Å². The second-order valence-electron chi connectivity index (χ2n) is 11.5. The van der Waals surface area contributed by atoms with Crippen molar-refractivity contribution in [1.82, 2.24) is 35.6 Å². The Morgan fingerprint density at radius 1 is 0.415 bits per heavy atom. The van der Waals surface area contributed by atoms with E-state index in [1.54, 1.807) is 0 Å². The van der Waals surface area contributed by atoms with Crippen molar-refractivity contribution in [3.8, 4) is 0 Å². The van der Waals surface area contributed by atoms with Gasteiger partial charge in [-0.25, -0.2) is 0 Å². The monoisotopic (exact) mass is 592 g/mol. The first-order chi connectivity index (χ1) is 19.9. The molecule has 0 aromatic heterocycles. The Balaban J connectivity index is 0. The molecule has 0 aromatic rings. The van der Waals surface area contributed by atoms with E-state index >= 15 is 0 Å². The van der Waals surface area contributed by atoms with E-state index in [1.165, 1.54) is 0 Å². The Hall–Kier alpha value is -0.520. The summed E-state index contributed by atoms with van der Waals surface area (Å²) in [6, 6.07) is 0. The summed E-state index contributed by atoms with van der Waals surface area (Å²) >= 11 is 0. The molecule has 0 unspecified atom stereocenters. The molecule has 0 spiro atoms. The predicted octanol–water partition coefficient (Wildman–Crippen LogP) is -3.07. The van der Waals surface area contributed by atoms with Crippen molar-refractivity contribution < 1.29 is 0 Å². The molecule has 0 aliphatic carbocycles. The van der Waals surface area contributed by atoms with Crippen molar-refractivity contribution >= 4 is 0 Å². The topological polar surface area (TPSA) is 205 Å². The number of nitrogens with zero attached hydrogens (tertiary/aromatic N) is 4. The van der Waals surface area contributed by atoms with Crippen molar-refractivity contribution in [3.05, 3.63) is 0 Å². The normalized spacial score (nSPS) is 12.0. The van der Waals surface area contributed by atoms with Gasteiger partial charge in [-0.2, -0.15) is 0 Å². The van der Waals surface area contributed by atoms with Crippen molar-refractivity contribution in [2.75, 3.05) is 144 Å². The van der Waals surface area contributed by atoms with E-state index in [0.29, 0.717) is 31.5 Å². The standard InChI is InChI=1S/C28H69N11.H4N2/c1-27(2)25-35-13-19-38(23-21-36(14-6-30)15-7-31)24-22-37(17-10-33-9-5-29)18-11-34-12-20-39(16-8-32)26-28(3)4;1-2/h27-28,33-35H,5-26,29-32H2,1-4H3;1-2H2. The van der Waals surface area contributed by atoms with E-state index in [2.05, 4.69) is 74.9 Å². The molecule has 250 valence electrons. The molecule has 0 rings (SSSR count). The first-order valence-corrected chi connectivity index (χ1v) is 16.0. The van der Waals surface area contributed by atoms with E-state index in [-0.39, 0.29) is 0 Å². The minimum atomic E-state index is 0.661. The van der Waals surface area contributed by atoms with Gasteiger partial charge in [0, 0.05) is 137 Å². The van der Waals surface area contributed by atoms with Crippen LogP contribution in [0.2, 0.25) is 0 Å². The molecule has 0 aromatic carbocycles. The lowest BCUT2D eigenvalue weighted by Crippen LogP contribution is -2.46. The SMILES string of the molecule is CC(C)CNCCN(CCN(CCN)CCN)CCN(CCNCCN)CCNCCN(CCN)CC(C)C.NN. The number of nitrogens with two attached hydrogens (primary N) is 6. The molecular formula is C28H73N13. The van der Waals surface area contributed by atoms with Crippen LogP contribution < -0.4 is 50.6 Å². The van der Waals surface area contributed by atoms with Crippen molar-refractivity contribution in [2.24, 2.45) is 46.5 Å². The summed E-state index contributed by atoms with van der Waals surface area (Å²) in [7, 11) is 0. The van der Waals surface area contributed by atoms with Crippen LogP contribution in [-0.4, -0.2) is 164 Å². The molecule has 0 bridgehead atoms. The van der Waals surface area contributed by atoms with E-state index in [0.717, 1.165) is 124 Å². The maximum Gasteiger partial charge on any atom is 0.0110 e. The zero-order valence-electron chi connectivity index (χ0n) is 27.5. The maximum atomic E-state index is 5.84. The van der Waals surface area contributed by atoms with E-state index in [4.69, 9.17) is 22.9 Å². The molecule has 0 atom stereocenters. The maximum absolute atomic E-state index is 5.84. The first-order valence-electron chi connectivity index (χ1n) is 16.0. The lowest BCUT2D eigenvalue weighted by atomic mass is 10.2. The number of rotatable bonds is 30. The highest BCUT2D eigenvalue weighted by atomic mass is 15.2. The van der Waals surface area contributed by atoms with Crippen LogP contribution in [0.15, 0.2) is 0 Å². The zero-order valence-corrected chi connectivity index (χ0v) is 27.5. The third kappa shape index (κ3) is 29.3. The largest absolute Gasteiger partial charge is 0.329 e. The van der Waals surface area contributed by atoms with Crippen LogP contribution in [0.3, 0.4) is 0 Å². The molecule has 0 radical (unpaired) electrons. The van der Waals surface area contributed by atoms with E-state index < -0.39 is 0 Å². The number of hydrazine groups is 1. The van der Waals surface area contributed by atoms with Crippen molar-refractivity contribution in [3.63, 3.8) is 0 Å². The van der Waals surface area contributed by atoms with Gasteiger partial charge in [0.1, 0.15) is 0 Å². The lowest BCUT2D eigenvalue weighted by Gasteiger charge is -2.30. The zero-order chi connectivity index (χ0) is 31.1. The Kier molecular flexibility index (Phi) is 33.7. The Labute approximate surface area is 253 Å². The molecular weight excluding hydrogens is 518 g/mol. The summed E-state index contributed by atoms with van der Waals surface area (Å²) in [5.74, 6) is 9.33. The van der Waals surface area contributed by atoms with Gasteiger partial charge in [-0.3, -0.25) is 26.4 Å². The van der Waals surface area contributed by atoms with Gasteiger partial charge in [-0.05, 0) is 18.4 Å². The Morgan fingerprint density at radius 3 is 1.20 bits per heavy atom. The molecule has 13 nitrogen and oxygen atoms in total. The van der Waals surface area contributed by atoms with Crippen LogP contribution in [-0.2, 0) is 0 Å². The van der Waals surface area contributed by atoms with Crippen LogP contribution in [0.4, 0.5) is 0 Å². The second-order valence-corrected chi connectivity index (χ2v) is 11.5. The van der Waals surface area contributed by atoms with Gasteiger partial charge in [0.25, 0.3) is 0 Å². The Bertz CT molecular complexity index is 494. The molecule has 0 aliphatic heterocycles. The molecule has 0 saturated carbocycles. The summed E-state index contributed by atoms with van der Waals surface area (Å²) in [5.41, 5.74) is 23.2. The smallest absolute Gasteiger partial charge is 0.0110 e. The number of hydrogen-bond donors (Lipinski definition) is 9. The van der Waals surface area contributed by atoms with E-state index in [1.807, 2.05) is 0 Å². The predicted molar refractivity (Wildman–Crippen MR) is 179 cm³/mol. The summed E-state index contributed by atoms with van der Waals surface area (Å²) in [4.78, 5) is 10.0. The van der Waals surface area contributed by atoms with Crippen LogP contribution in [0.25, 0.3) is 0 Å². The average Bonchev–Trinajstić information content (AvgIpc) is 2.94. The Morgan fingerprint density at radius 2 is 0.780 bits per heavy atom. The molecule has 13 heteroatoms. The van der Waals surface area contributed by atoms with Crippen LogP contribution >= 0.6 is 0 Å². The van der Waals surface area contributed by atoms with Crippen LogP contribution in [0, 0.1) is 11.8 Å². The molecule has 41 heavy (non-hydrogen) atoms. The van der Waals surface area contributed by atoms with Gasteiger partial charge in [-0.1, -0.05) is 27.7 Å². The van der Waals surface area contributed by atoms with Crippen LogP contribution in [0.5, 0.6) is 0 Å². The van der Waals surface area contributed by atoms with Gasteiger partial charge in [0.2, 0.25) is 0 Å². The second kappa shape index (κ2) is 32.4. The highest BCUT2D eigenvalue weighted by Crippen LogP contribution is 1.98. The average molecular weight is 592 g/mol. The highest BCUT2D eigenvalue weighted by molar-refractivity contribution is 4.71. The molecule has 0 saturated heterocycles. The third-order valence-electron chi connectivity index (χ3n) is 6.72. The molecule has 0 aliphatic rings. The van der Waals surface area contributed by atoms with Gasteiger partial charge >= 0.3 is 0 Å². The summed E-state index contributed by atoms with van der Waals surface area (Å²) in [5, 5.41) is 10.7. The third-order valence-corrected chi connectivity index (χ3v) is 6.72. The number of hydrogen-bond acceptors (Lipinski definition) is 13. The van der Waals surface area contributed by atoms with Gasteiger partial charge in [0.05, 0.1) is 0 Å². The van der Waals surface area contributed by atoms with E-state index in [9.17, 15) is 0 Å². The lowest BCUT2D eigenvalue weighted by molar-refractivity contribution is 0.177. The van der Waals surface area contributed by atoms with Crippen molar-refractivity contribution in [2.45, 2.75) is 27.7 Å². The molecule has 15 N–H and O–H groups in total. The van der Waals surface area contributed by atoms with Crippen molar-refractivity contribution in [1.29, 1.82) is 0 Å². The number of nitrogens with one attached hydrogen (secondary N) is 3. The summed E-state index contributed by atoms with van der Waals surface area (Å²) in [6.45, 7) is 29.9. The van der Waals surface area contributed by atoms with Gasteiger partial charge in [-0.15, -0.1) is 0 Å². The molecule has 0 fully saturated rings.